The molecule has 0 bridgehead atoms. The maximum atomic E-state index is 5.99. The lowest BCUT2D eigenvalue weighted by Crippen LogP contribution is -2.22. The summed E-state index contributed by atoms with van der Waals surface area (Å²) in [5.74, 6) is 1.74. The smallest absolute Gasteiger partial charge is 0.158 e. The Morgan fingerprint density at radius 2 is 2.00 bits per heavy atom. The van der Waals surface area contributed by atoms with E-state index in [1.807, 2.05) is 6.92 Å². The standard InChI is InChI=1S/C16H25ClN4/c1-4-21-15-14(12(2)19-21)18-13(7-10-17)20(15)11-16(3)8-5-6-9-16/h4-11H2,1-3H3. The van der Waals surface area contributed by atoms with Crippen molar-refractivity contribution in [2.24, 2.45) is 5.41 Å². The van der Waals surface area contributed by atoms with Gasteiger partial charge in [-0.05, 0) is 32.1 Å². The van der Waals surface area contributed by atoms with Crippen molar-refractivity contribution < 1.29 is 0 Å². The highest BCUT2D eigenvalue weighted by atomic mass is 35.5. The zero-order chi connectivity index (χ0) is 15.0. The van der Waals surface area contributed by atoms with Crippen LogP contribution in [-0.4, -0.2) is 25.2 Å². The first-order valence-corrected chi connectivity index (χ1v) is 8.60. The highest BCUT2D eigenvalue weighted by molar-refractivity contribution is 6.17. The van der Waals surface area contributed by atoms with Crippen LogP contribution in [0.3, 0.4) is 0 Å². The molecule has 21 heavy (non-hydrogen) atoms. The van der Waals surface area contributed by atoms with Gasteiger partial charge in [-0.1, -0.05) is 19.8 Å². The summed E-state index contributed by atoms with van der Waals surface area (Å²) in [6.07, 6.45) is 6.16. The van der Waals surface area contributed by atoms with Gasteiger partial charge in [-0.2, -0.15) is 5.10 Å². The van der Waals surface area contributed by atoms with E-state index >= 15 is 0 Å². The lowest BCUT2D eigenvalue weighted by molar-refractivity contribution is 0.280. The Bertz CT molecular complexity index is 634. The zero-order valence-electron chi connectivity index (χ0n) is 13.3. The van der Waals surface area contributed by atoms with Gasteiger partial charge < -0.3 is 4.57 Å². The summed E-state index contributed by atoms with van der Waals surface area (Å²) >= 11 is 5.99. The predicted octanol–water partition coefficient (Wildman–Crippen LogP) is 3.92. The van der Waals surface area contributed by atoms with Gasteiger partial charge >= 0.3 is 0 Å². The molecule has 116 valence electrons. The predicted molar refractivity (Wildman–Crippen MR) is 86.9 cm³/mol. The highest BCUT2D eigenvalue weighted by Crippen LogP contribution is 2.40. The van der Waals surface area contributed by atoms with E-state index in [9.17, 15) is 0 Å². The molecule has 0 radical (unpaired) electrons. The Morgan fingerprint density at radius 1 is 1.29 bits per heavy atom. The van der Waals surface area contributed by atoms with Gasteiger partial charge in [-0.3, -0.25) is 0 Å². The molecule has 1 aliphatic carbocycles. The van der Waals surface area contributed by atoms with Gasteiger partial charge in [0.2, 0.25) is 0 Å². The number of nitrogens with zero attached hydrogens (tertiary/aromatic N) is 4. The van der Waals surface area contributed by atoms with Crippen molar-refractivity contribution in [1.29, 1.82) is 0 Å². The molecule has 0 unspecified atom stereocenters. The summed E-state index contributed by atoms with van der Waals surface area (Å²) in [5.41, 5.74) is 3.66. The van der Waals surface area contributed by atoms with Gasteiger partial charge in [0.1, 0.15) is 11.3 Å². The first-order valence-electron chi connectivity index (χ1n) is 8.06. The molecule has 2 heterocycles. The Hall–Kier alpha value is -1.03. The van der Waals surface area contributed by atoms with E-state index in [0.717, 1.165) is 36.5 Å². The van der Waals surface area contributed by atoms with Gasteiger partial charge in [0.25, 0.3) is 0 Å². The minimum absolute atomic E-state index is 0.394. The van der Waals surface area contributed by atoms with Gasteiger partial charge in [0.15, 0.2) is 5.65 Å². The van der Waals surface area contributed by atoms with E-state index < -0.39 is 0 Å². The van der Waals surface area contributed by atoms with E-state index in [4.69, 9.17) is 16.6 Å². The van der Waals surface area contributed by atoms with Crippen LogP contribution in [0, 0.1) is 12.3 Å². The van der Waals surface area contributed by atoms with E-state index in [-0.39, 0.29) is 0 Å². The van der Waals surface area contributed by atoms with Gasteiger partial charge in [-0.15, -0.1) is 11.6 Å². The molecule has 3 rings (SSSR count). The zero-order valence-corrected chi connectivity index (χ0v) is 14.1. The molecule has 4 nitrogen and oxygen atoms in total. The SMILES string of the molecule is CCn1nc(C)c2nc(CCCl)n(CC3(C)CCCC3)c21. The van der Waals surface area contributed by atoms with Crippen LogP contribution in [0.5, 0.6) is 0 Å². The molecule has 1 saturated carbocycles. The minimum atomic E-state index is 0.394. The third-order valence-corrected chi connectivity index (χ3v) is 5.03. The van der Waals surface area contributed by atoms with E-state index in [2.05, 4.69) is 28.2 Å². The van der Waals surface area contributed by atoms with Crippen molar-refractivity contribution in [3.05, 3.63) is 11.5 Å². The molecule has 0 saturated heterocycles. The van der Waals surface area contributed by atoms with Crippen molar-refractivity contribution in [3.8, 4) is 0 Å². The van der Waals surface area contributed by atoms with Crippen LogP contribution in [0.4, 0.5) is 0 Å². The van der Waals surface area contributed by atoms with Crippen LogP contribution in [0.1, 0.15) is 51.0 Å². The Labute approximate surface area is 131 Å². The highest BCUT2D eigenvalue weighted by Gasteiger charge is 2.31. The number of rotatable bonds is 5. The number of fused-ring (bicyclic) bond motifs is 1. The lowest BCUT2D eigenvalue weighted by Gasteiger charge is -2.25. The molecule has 5 heteroatoms. The largest absolute Gasteiger partial charge is 0.312 e. The lowest BCUT2D eigenvalue weighted by atomic mass is 9.89. The number of hydrogen-bond acceptors (Lipinski definition) is 2. The first kappa shape index (κ1) is 14.9. The summed E-state index contributed by atoms with van der Waals surface area (Å²) in [4.78, 5) is 4.84. The van der Waals surface area contributed by atoms with Gasteiger partial charge in [-0.25, -0.2) is 9.67 Å². The fourth-order valence-corrected chi connectivity index (χ4v) is 3.87. The van der Waals surface area contributed by atoms with Crippen LogP contribution in [-0.2, 0) is 19.5 Å². The van der Waals surface area contributed by atoms with Crippen LogP contribution in [0.2, 0.25) is 0 Å². The number of alkyl halides is 1. The summed E-state index contributed by atoms with van der Waals surface area (Å²) in [7, 11) is 0. The number of halogens is 1. The van der Waals surface area contributed by atoms with E-state index in [0.29, 0.717) is 11.3 Å². The molecule has 0 atom stereocenters. The van der Waals surface area contributed by atoms with Crippen LogP contribution in [0.15, 0.2) is 0 Å². The molecule has 0 N–H and O–H groups in total. The van der Waals surface area contributed by atoms with Crippen molar-refractivity contribution in [1.82, 2.24) is 19.3 Å². The molecular formula is C16H25ClN4. The summed E-state index contributed by atoms with van der Waals surface area (Å²) < 4.78 is 4.49. The third-order valence-electron chi connectivity index (χ3n) is 4.85. The number of aryl methyl sites for hydroxylation is 3. The monoisotopic (exact) mass is 308 g/mol. The normalized spacial score (nSPS) is 17.9. The molecule has 0 spiro atoms. The van der Waals surface area contributed by atoms with E-state index in [1.165, 1.54) is 31.3 Å². The summed E-state index contributed by atoms with van der Waals surface area (Å²) in [6.45, 7) is 8.53. The van der Waals surface area contributed by atoms with E-state index in [1.54, 1.807) is 0 Å². The van der Waals surface area contributed by atoms with Gasteiger partial charge in [0, 0.05) is 25.4 Å². The maximum Gasteiger partial charge on any atom is 0.158 e. The Kier molecular flexibility index (Phi) is 4.00. The molecule has 1 aliphatic rings. The average Bonchev–Trinajstić information content (AvgIpc) is 3.10. The maximum absolute atomic E-state index is 5.99. The molecular weight excluding hydrogens is 284 g/mol. The molecule has 1 fully saturated rings. The van der Waals surface area contributed by atoms with Crippen LogP contribution in [0.25, 0.3) is 11.2 Å². The van der Waals surface area contributed by atoms with Crippen LogP contribution < -0.4 is 0 Å². The quantitative estimate of drug-likeness (QED) is 0.785. The summed E-state index contributed by atoms with van der Waals surface area (Å²) in [5, 5.41) is 4.63. The minimum Gasteiger partial charge on any atom is -0.312 e. The second-order valence-corrected chi connectivity index (χ2v) is 7.02. The van der Waals surface area contributed by atoms with Crippen molar-refractivity contribution >= 4 is 22.8 Å². The molecule has 0 aliphatic heterocycles. The number of aromatic nitrogens is 4. The Morgan fingerprint density at radius 3 is 2.62 bits per heavy atom. The number of imidazole rings is 1. The van der Waals surface area contributed by atoms with Crippen molar-refractivity contribution in [2.45, 2.75) is 66.0 Å². The third kappa shape index (κ3) is 2.59. The van der Waals surface area contributed by atoms with Crippen molar-refractivity contribution in [3.63, 3.8) is 0 Å². The molecule has 2 aromatic rings. The average molecular weight is 309 g/mol. The molecule has 0 aromatic carbocycles. The second-order valence-electron chi connectivity index (χ2n) is 6.64. The first-order chi connectivity index (χ1) is 10.1. The second kappa shape index (κ2) is 5.64. The summed E-state index contributed by atoms with van der Waals surface area (Å²) in [6, 6.07) is 0. The Balaban J connectivity index is 2.10. The molecule has 2 aromatic heterocycles. The fraction of sp³-hybridized carbons (Fsp3) is 0.750. The molecule has 0 amide bonds. The fourth-order valence-electron chi connectivity index (χ4n) is 3.70. The topological polar surface area (TPSA) is 35.6 Å². The van der Waals surface area contributed by atoms with Gasteiger partial charge in [0.05, 0.1) is 5.69 Å². The van der Waals surface area contributed by atoms with Crippen molar-refractivity contribution in [2.75, 3.05) is 5.88 Å². The van der Waals surface area contributed by atoms with Crippen LogP contribution >= 0.6 is 11.6 Å². The number of hydrogen-bond donors (Lipinski definition) is 0.